The van der Waals surface area contributed by atoms with E-state index in [1.54, 1.807) is 24.3 Å². The van der Waals surface area contributed by atoms with Crippen molar-refractivity contribution in [2.45, 2.75) is 46.2 Å². The molecule has 0 bridgehead atoms. The van der Waals surface area contributed by atoms with Crippen LogP contribution >= 0.6 is 0 Å². The zero-order chi connectivity index (χ0) is 49.2. The van der Waals surface area contributed by atoms with Crippen molar-refractivity contribution >= 4 is 74.9 Å². The molecule has 10 N–H and O–H groups in total. The molecule has 1 unspecified atom stereocenters. The Morgan fingerprint density at radius 3 is 2.33 bits per heavy atom. The van der Waals surface area contributed by atoms with Gasteiger partial charge in [0.15, 0.2) is 11.2 Å². The van der Waals surface area contributed by atoms with Gasteiger partial charge >= 0.3 is 18.0 Å². The molecule has 0 radical (unpaired) electrons. The summed E-state index contributed by atoms with van der Waals surface area (Å²) in [5, 5.41) is 35.1. The normalized spacial score (nSPS) is 11.8. The topological polar surface area (TPSA) is 312 Å². The van der Waals surface area contributed by atoms with Gasteiger partial charge in [0.25, 0.3) is 11.5 Å². The lowest BCUT2D eigenvalue weighted by molar-refractivity contribution is -0.139. The summed E-state index contributed by atoms with van der Waals surface area (Å²) in [4.78, 5) is 96.8. The minimum Gasteiger partial charge on any atom is -0.480 e. The first-order valence-electron chi connectivity index (χ1n) is 22.1. The number of fused-ring (bicyclic) bond motifs is 3. The maximum Gasteiger partial charge on any atom is 0.336 e. The first-order chi connectivity index (χ1) is 33.2. The van der Waals surface area contributed by atoms with E-state index in [1.165, 1.54) is 24.4 Å². The number of carbonyl (C=O) groups excluding carboxylic acids is 3. The molecule has 3 heterocycles. The third-order valence-corrected chi connectivity index (χ3v) is 11.0. The number of aromatic carboxylic acids is 1. The fourth-order valence-corrected chi connectivity index (χ4v) is 7.65. The van der Waals surface area contributed by atoms with E-state index in [0.29, 0.717) is 51.3 Å². The number of aromatic amines is 1. The Hall–Kier alpha value is -8.88. The number of benzene rings is 4. The number of hydrogen-bond donors (Lipinski definition) is 9. The van der Waals surface area contributed by atoms with Crippen LogP contribution < -0.4 is 48.1 Å². The maximum atomic E-state index is 12.9. The number of nitrogen functional groups attached to an aromatic ring is 1. The zero-order valence-corrected chi connectivity index (χ0v) is 37.9. The Labute approximate surface area is 393 Å². The summed E-state index contributed by atoms with van der Waals surface area (Å²) in [6.45, 7) is 8.38. The maximum absolute atomic E-state index is 12.9. The highest BCUT2D eigenvalue weighted by molar-refractivity contribution is 6.09. The summed E-state index contributed by atoms with van der Waals surface area (Å²) in [6, 6.07) is 20.2. The van der Waals surface area contributed by atoms with Gasteiger partial charge in [-0.2, -0.15) is 4.98 Å². The number of carbonyl (C=O) groups is 5. The highest BCUT2D eigenvalue weighted by Gasteiger charge is 2.24. The van der Waals surface area contributed by atoms with Crippen molar-refractivity contribution in [3.05, 3.63) is 118 Å². The lowest BCUT2D eigenvalue weighted by atomic mass is 9.90. The molecule has 356 valence electrons. The number of nitrogens with two attached hydrogens (primary N) is 1. The molecule has 21 nitrogen and oxygen atoms in total. The molecule has 4 amide bonds. The van der Waals surface area contributed by atoms with E-state index >= 15 is 0 Å². The number of nitrogens with one attached hydrogen (secondary N) is 6. The molecule has 1 atom stereocenters. The van der Waals surface area contributed by atoms with E-state index in [0.717, 1.165) is 24.1 Å². The van der Waals surface area contributed by atoms with Gasteiger partial charge in [-0.15, -0.1) is 0 Å². The number of carboxylic acid groups (broad SMARTS) is 2. The molecule has 1 aliphatic heterocycles. The minimum atomic E-state index is -1.37. The number of aliphatic carboxylic acids is 1. The molecule has 69 heavy (non-hydrogen) atoms. The Bertz CT molecular complexity index is 3170. The van der Waals surface area contributed by atoms with Crippen LogP contribution in [-0.4, -0.2) is 98.7 Å². The van der Waals surface area contributed by atoms with E-state index in [9.17, 15) is 39.0 Å². The summed E-state index contributed by atoms with van der Waals surface area (Å²) in [5.74, 6) is -3.25. The molecule has 0 fully saturated rings. The van der Waals surface area contributed by atoms with Crippen molar-refractivity contribution in [2.75, 3.05) is 54.0 Å². The molecule has 0 saturated heterocycles. The van der Waals surface area contributed by atoms with Crippen LogP contribution in [0.2, 0.25) is 0 Å². The van der Waals surface area contributed by atoms with Crippen molar-refractivity contribution in [2.24, 2.45) is 4.99 Å². The molecule has 2 aromatic heterocycles. The molecule has 2 aliphatic rings. The lowest BCUT2D eigenvalue weighted by Crippen LogP contribution is -2.42. The van der Waals surface area contributed by atoms with Gasteiger partial charge in [-0.05, 0) is 93.4 Å². The Kier molecular flexibility index (Phi) is 15.1. The largest absolute Gasteiger partial charge is 0.480 e. The van der Waals surface area contributed by atoms with Crippen molar-refractivity contribution in [1.82, 2.24) is 35.9 Å². The fourth-order valence-electron chi connectivity index (χ4n) is 7.65. The number of rotatable bonds is 19. The molecule has 3 aromatic carbocycles. The number of carboxylic acids is 2. The van der Waals surface area contributed by atoms with Crippen LogP contribution in [0.1, 0.15) is 60.0 Å². The number of anilines is 4. The van der Waals surface area contributed by atoms with Crippen LogP contribution in [0.15, 0.2) is 99.3 Å². The summed E-state index contributed by atoms with van der Waals surface area (Å²) in [5.41, 5.74) is 9.84. The summed E-state index contributed by atoms with van der Waals surface area (Å²) < 4.78 is 6.43. The minimum absolute atomic E-state index is 0.00342. The fraction of sp³-hybridized carbons (Fsp3) is 0.250. The van der Waals surface area contributed by atoms with Gasteiger partial charge in [-0.25, -0.2) is 24.4 Å². The predicted octanol–water partition coefficient (Wildman–Crippen LogP) is 4.79. The third kappa shape index (κ3) is 11.6. The van der Waals surface area contributed by atoms with Gasteiger partial charge in [-0.1, -0.05) is 6.07 Å². The van der Waals surface area contributed by atoms with E-state index in [-0.39, 0.29) is 66.4 Å². The number of urea groups is 1. The number of hydrogen-bond acceptors (Lipinski definition) is 14. The third-order valence-electron chi connectivity index (χ3n) is 11.0. The molecule has 5 aromatic rings. The van der Waals surface area contributed by atoms with Gasteiger partial charge < -0.3 is 51.8 Å². The van der Waals surface area contributed by atoms with Crippen LogP contribution in [0.5, 0.6) is 0 Å². The smallest absolute Gasteiger partial charge is 0.336 e. The standard InChI is InChI=1S/C48H50N12O9/c1-4-50-28-11-15-33-37(22-28)69-38-23-31(60(5-2)6-3)13-16-34(38)40(33)32-14-12-29(21-35(32)45(64)65)56-48(68)52-20-19-51-39(61)18-17-36(46(66)67)57-43(62)26-7-9-27(10-8-26)53-24-30-25-54-42-41(55-30)44(63)59-47(49)58-42/h7-16,21-23,25,36,53H,4-6,17-20,24H2,1-3H3,(H,51,61)(H,57,62)(H,64,65)(H,66,67)(H2,52,56,68)(H3,49,54,58,59,63). The quantitative estimate of drug-likeness (QED) is 0.0389. The van der Waals surface area contributed by atoms with Gasteiger partial charge in [0, 0.05) is 90.4 Å². The van der Waals surface area contributed by atoms with Crippen LogP contribution in [0, 0.1) is 0 Å². The number of H-pyrrole nitrogens is 1. The zero-order valence-electron chi connectivity index (χ0n) is 37.9. The Balaban J connectivity index is 0.908. The second-order valence-electron chi connectivity index (χ2n) is 15.6. The molecule has 21 heteroatoms. The lowest BCUT2D eigenvalue weighted by Gasteiger charge is -2.22. The molecular weight excluding hydrogens is 889 g/mol. The van der Waals surface area contributed by atoms with Crippen molar-refractivity contribution in [1.29, 1.82) is 0 Å². The van der Waals surface area contributed by atoms with Crippen LogP contribution in [0.3, 0.4) is 0 Å². The monoisotopic (exact) mass is 938 g/mol. The second kappa shape index (κ2) is 21.6. The number of aromatic nitrogens is 4. The van der Waals surface area contributed by atoms with Crippen molar-refractivity contribution < 1.29 is 38.6 Å². The van der Waals surface area contributed by atoms with Crippen LogP contribution in [0.25, 0.3) is 44.6 Å². The van der Waals surface area contributed by atoms with E-state index < -0.39 is 41.4 Å². The van der Waals surface area contributed by atoms with E-state index in [2.05, 4.69) is 70.3 Å². The summed E-state index contributed by atoms with van der Waals surface area (Å²) in [7, 11) is 0. The average molecular weight is 939 g/mol. The molecule has 0 saturated carbocycles. The Morgan fingerprint density at radius 1 is 0.870 bits per heavy atom. The number of nitrogens with zero attached hydrogens (tertiary/aromatic N) is 5. The number of amides is 4. The highest BCUT2D eigenvalue weighted by Crippen LogP contribution is 2.42. The van der Waals surface area contributed by atoms with Gasteiger partial charge in [0.05, 0.1) is 29.4 Å². The molecular formula is C48H50N12O9. The summed E-state index contributed by atoms with van der Waals surface area (Å²) >= 11 is 0. The Morgan fingerprint density at radius 2 is 1.61 bits per heavy atom. The van der Waals surface area contributed by atoms with Gasteiger partial charge in [-0.3, -0.25) is 24.4 Å². The van der Waals surface area contributed by atoms with Crippen LogP contribution in [0.4, 0.5) is 27.8 Å². The van der Waals surface area contributed by atoms with Gasteiger partial charge in [0.2, 0.25) is 11.9 Å². The van der Waals surface area contributed by atoms with Crippen LogP contribution in [-0.2, 0) is 16.1 Å². The molecule has 1 aliphatic carbocycles. The van der Waals surface area contributed by atoms with E-state index in [4.69, 9.17) is 10.2 Å². The first kappa shape index (κ1) is 48.1. The first-order valence-corrected chi connectivity index (χ1v) is 22.1. The SMILES string of the molecule is CCN=c1ccc2c(-c3ccc(NC(=O)NCCNC(=O)CCC(NC(=O)c4ccc(NCc5cnc6nc(N)[nH]c(=O)c6n5)cc4)C(=O)O)cc3C(=O)O)c3ccc(N(CC)CC)cc3oc-2c1. The predicted molar refractivity (Wildman–Crippen MR) is 259 cm³/mol. The second-order valence-corrected chi connectivity index (χ2v) is 15.6. The summed E-state index contributed by atoms with van der Waals surface area (Å²) in [6.07, 6.45) is 0.993. The average Bonchev–Trinajstić information content (AvgIpc) is 3.33. The molecule has 7 rings (SSSR count). The van der Waals surface area contributed by atoms with Crippen molar-refractivity contribution in [3.8, 4) is 22.5 Å². The molecule has 0 spiro atoms. The highest BCUT2D eigenvalue weighted by atomic mass is 16.4. The van der Waals surface area contributed by atoms with E-state index in [1.807, 2.05) is 43.3 Å². The van der Waals surface area contributed by atoms with Gasteiger partial charge in [0.1, 0.15) is 17.4 Å². The van der Waals surface area contributed by atoms with Crippen molar-refractivity contribution in [3.63, 3.8) is 0 Å².